The molecule has 0 radical (unpaired) electrons. The zero-order valence-corrected chi connectivity index (χ0v) is 15.3. The van der Waals surface area contributed by atoms with Gasteiger partial charge in [-0.1, -0.05) is 18.2 Å². The molecule has 4 aromatic rings. The standard InChI is InChI=1S/C21H13F4N5/c22-20(23)21(24,25)12-30-11-15(10-28-30)17-6-5-16(9-26)29-19(17)14-4-3-13-2-1-7-27-18(13)8-14/h1-8,10-11,20H,12H2. The third-order valence-electron chi connectivity index (χ3n) is 4.53. The van der Waals surface area contributed by atoms with E-state index in [1.165, 1.54) is 18.5 Å². The van der Waals surface area contributed by atoms with Crippen LogP contribution in [0.4, 0.5) is 17.6 Å². The van der Waals surface area contributed by atoms with Gasteiger partial charge in [0.2, 0.25) is 0 Å². The lowest BCUT2D eigenvalue weighted by atomic mass is 10.00. The van der Waals surface area contributed by atoms with Crippen LogP contribution < -0.4 is 0 Å². The Kier molecular flexibility index (Phi) is 4.91. The third-order valence-corrected chi connectivity index (χ3v) is 4.53. The van der Waals surface area contributed by atoms with E-state index in [9.17, 15) is 22.8 Å². The second-order valence-electron chi connectivity index (χ2n) is 6.60. The van der Waals surface area contributed by atoms with E-state index in [0.29, 0.717) is 22.4 Å². The second kappa shape index (κ2) is 7.55. The molecule has 0 N–H and O–H groups in total. The summed E-state index contributed by atoms with van der Waals surface area (Å²) in [5.41, 5.74) is 2.92. The fourth-order valence-corrected chi connectivity index (χ4v) is 3.06. The zero-order valence-electron chi connectivity index (χ0n) is 15.3. The van der Waals surface area contributed by atoms with Crippen LogP contribution in [0.1, 0.15) is 5.69 Å². The van der Waals surface area contributed by atoms with Gasteiger partial charge in [-0.05, 0) is 24.3 Å². The van der Waals surface area contributed by atoms with Gasteiger partial charge in [0.15, 0.2) is 0 Å². The molecule has 4 rings (SSSR count). The summed E-state index contributed by atoms with van der Waals surface area (Å²) in [7, 11) is 0. The molecule has 3 heterocycles. The molecule has 3 aromatic heterocycles. The number of pyridine rings is 2. The van der Waals surface area contributed by atoms with Gasteiger partial charge in [0.05, 0.1) is 17.4 Å². The van der Waals surface area contributed by atoms with Crippen LogP contribution in [0.5, 0.6) is 0 Å². The number of hydrogen-bond acceptors (Lipinski definition) is 4. The maximum Gasteiger partial charge on any atom is 0.326 e. The topological polar surface area (TPSA) is 67.4 Å². The highest BCUT2D eigenvalue weighted by Gasteiger charge is 2.41. The summed E-state index contributed by atoms with van der Waals surface area (Å²) in [5.74, 6) is -4.20. The lowest BCUT2D eigenvalue weighted by Crippen LogP contribution is -2.32. The Balaban J connectivity index is 1.79. The molecule has 150 valence electrons. The summed E-state index contributed by atoms with van der Waals surface area (Å²) in [6.45, 7) is -1.25. The molecule has 0 saturated heterocycles. The van der Waals surface area contributed by atoms with E-state index in [1.54, 1.807) is 18.3 Å². The summed E-state index contributed by atoms with van der Waals surface area (Å²) < 4.78 is 52.5. The zero-order chi connectivity index (χ0) is 21.3. The molecule has 0 saturated carbocycles. The van der Waals surface area contributed by atoms with Crippen molar-refractivity contribution in [1.29, 1.82) is 5.26 Å². The van der Waals surface area contributed by atoms with E-state index < -0.39 is 18.9 Å². The van der Waals surface area contributed by atoms with E-state index >= 15 is 0 Å². The highest BCUT2D eigenvalue weighted by atomic mass is 19.3. The average molecular weight is 411 g/mol. The van der Waals surface area contributed by atoms with E-state index in [2.05, 4.69) is 15.1 Å². The molecule has 0 unspecified atom stereocenters. The molecule has 9 heteroatoms. The predicted molar refractivity (Wildman–Crippen MR) is 102 cm³/mol. The van der Waals surface area contributed by atoms with Gasteiger partial charge in [-0.25, -0.2) is 13.8 Å². The SMILES string of the molecule is N#Cc1ccc(-c2cnn(CC(F)(F)C(F)F)c2)c(-c2ccc3cccnc3c2)n1. The molecule has 5 nitrogen and oxygen atoms in total. The summed E-state index contributed by atoms with van der Waals surface area (Å²) in [6.07, 6.45) is 0.414. The predicted octanol–water partition coefficient (Wildman–Crippen LogP) is 4.93. The molecule has 0 aliphatic rings. The normalized spacial score (nSPS) is 11.7. The molecule has 0 spiro atoms. The van der Waals surface area contributed by atoms with Crippen LogP contribution in [-0.2, 0) is 6.54 Å². The minimum Gasteiger partial charge on any atom is -0.266 e. The molecule has 0 amide bonds. The summed E-state index contributed by atoms with van der Waals surface area (Å²) in [6, 6.07) is 14.3. The Morgan fingerprint density at radius 1 is 1.10 bits per heavy atom. The quantitative estimate of drug-likeness (QED) is 0.437. The molecule has 0 aliphatic carbocycles. The van der Waals surface area contributed by atoms with Gasteiger partial charge in [-0.15, -0.1) is 0 Å². The number of aromatic nitrogens is 4. The molecule has 0 fully saturated rings. The third kappa shape index (κ3) is 3.72. The Morgan fingerprint density at radius 3 is 2.70 bits per heavy atom. The molecule has 30 heavy (non-hydrogen) atoms. The fraction of sp³-hybridized carbons (Fsp3) is 0.143. The first-order valence-electron chi connectivity index (χ1n) is 8.82. The van der Waals surface area contributed by atoms with Crippen LogP contribution in [0.3, 0.4) is 0 Å². The van der Waals surface area contributed by atoms with E-state index in [0.717, 1.165) is 15.6 Å². The number of nitriles is 1. The molecule has 1 aromatic carbocycles. The Morgan fingerprint density at radius 2 is 1.93 bits per heavy atom. The number of hydrogen-bond donors (Lipinski definition) is 0. The van der Waals surface area contributed by atoms with E-state index in [1.807, 2.05) is 30.3 Å². The van der Waals surface area contributed by atoms with Gasteiger partial charge in [0, 0.05) is 34.5 Å². The molecule has 0 aliphatic heterocycles. The highest BCUT2D eigenvalue weighted by molar-refractivity contribution is 5.87. The maximum absolute atomic E-state index is 13.4. The van der Waals surface area contributed by atoms with Crippen molar-refractivity contribution >= 4 is 10.9 Å². The monoisotopic (exact) mass is 411 g/mol. The molecule has 0 atom stereocenters. The first-order valence-corrected chi connectivity index (χ1v) is 8.82. The van der Waals surface area contributed by atoms with Crippen LogP contribution in [0.25, 0.3) is 33.3 Å². The van der Waals surface area contributed by atoms with Gasteiger partial charge in [-0.2, -0.15) is 19.1 Å². The van der Waals surface area contributed by atoms with Gasteiger partial charge >= 0.3 is 12.3 Å². The minimum absolute atomic E-state index is 0.173. The minimum atomic E-state index is -4.20. The Bertz CT molecular complexity index is 1260. The number of halogens is 4. The second-order valence-corrected chi connectivity index (χ2v) is 6.60. The molecule has 0 bridgehead atoms. The van der Waals surface area contributed by atoms with Gasteiger partial charge in [0.25, 0.3) is 0 Å². The largest absolute Gasteiger partial charge is 0.326 e. The number of alkyl halides is 4. The lowest BCUT2D eigenvalue weighted by molar-refractivity contribution is -0.139. The molecular weight excluding hydrogens is 398 g/mol. The smallest absolute Gasteiger partial charge is 0.266 e. The van der Waals surface area contributed by atoms with Crippen molar-refractivity contribution in [2.24, 2.45) is 0 Å². The van der Waals surface area contributed by atoms with Crippen LogP contribution in [-0.4, -0.2) is 32.1 Å². The van der Waals surface area contributed by atoms with Crippen LogP contribution in [0, 0.1) is 11.3 Å². The van der Waals surface area contributed by atoms with Crippen molar-refractivity contribution in [3.63, 3.8) is 0 Å². The maximum atomic E-state index is 13.4. The summed E-state index contributed by atoms with van der Waals surface area (Å²) in [5, 5.41) is 13.9. The van der Waals surface area contributed by atoms with Crippen LogP contribution >= 0.6 is 0 Å². The van der Waals surface area contributed by atoms with Crippen LogP contribution in [0.2, 0.25) is 0 Å². The number of fused-ring (bicyclic) bond motifs is 1. The van der Waals surface area contributed by atoms with E-state index in [4.69, 9.17) is 0 Å². The van der Waals surface area contributed by atoms with Gasteiger partial charge in [-0.3, -0.25) is 9.67 Å². The van der Waals surface area contributed by atoms with Gasteiger partial charge in [0.1, 0.15) is 18.3 Å². The van der Waals surface area contributed by atoms with Crippen molar-refractivity contribution < 1.29 is 17.6 Å². The number of benzene rings is 1. The number of nitrogens with zero attached hydrogens (tertiary/aromatic N) is 5. The van der Waals surface area contributed by atoms with Crippen molar-refractivity contribution in [1.82, 2.24) is 19.7 Å². The summed E-state index contributed by atoms with van der Waals surface area (Å²) >= 11 is 0. The van der Waals surface area contributed by atoms with Crippen molar-refractivity contribution in [2.45, 2.75) is 18.9 Å². The van der Waals surface area contributed by atoms with Crippen molar-refractivity contribution in [2.75, 3.05) is 0 Å². The lowest BCUT2D eigenvalue weighted by Gasteiger charge is -2.14. The first kappa shape index (κ1) is 19.5. The average Bonchev–Trinajstić information content (AvgIpc) is 3.20. The number of rotatable bonds is 5. The Labute approximate surface area is 168 Å². The first-order chi connectivity index (χ1) is 14.4. The highest BCUT2D eigenvalue weighted by Crippen LogP contribution is 2.33. The molecular formula is C21H13F4N5. The van der Waals surface area contributed by atoms with Crippen LogP contribution in [0.15, 0.2) is 61.1 Å². The van der Waals surface area contributed by atoms with E-state index in [-0.39, 0.29) is 5.69 Å². The summed E-state index contributed by atoms with van der Waals surface area (Å²) in [4.78, 5) is 8.67. The Hall–Kier alpha value is -3.80. The fourth-order valence-electron chi connectivity index (χ4n) is 3.06. The van der Waals surface area contributed by atoms with Crippen molar-refractivity contribution in [3.05, 3.63) is 66.7 Å². The van der Waals surface area contributed by atoms with Crippen molar-refractivity contribution in [3.8, 4) is 28.5 Å². The van der Waals surface area contributed by atoms with Gasteiger partial charge < -0.3 is 0 Å².